The average molecular weight is 230 g/mol. The summed E-state index contributed by atoms with van der Waals surface area (Å²) < 4.78 is 4.77. The highest BCUT2D eigenvalue weighted by atomic mass is 16.5. The number of nitrogens with one attached hydrogen (secondary N) is 2. The molecule has 0 saturated carbocycles. The highest BCUT2D eigenvalue weighted by Gasteiger charge is 2.01. The normalized spacial score (nSPS) is 9.88. The van der Waals surface area contributed by atoms with E-state index < -0.39 is 0 Å². The van der Waals surface area contributed by atoms with E-state index in [0.29, 0.717) is 32.5 Å². The molecule has 5 heteroatoms. The zero-order valence-electron chi connectivity index (χ0n) is 10.2. The molecule has 0 aliphatic carbocycles. The SMILES string of the molecule is CCCCC(=O)NCCNC(=O)CCOC. The molecule has 0 aromatic rings. The lowest BCUT2D eigenvalue weighted by Crippen LogP contribution is -2.34. The maximum Gasteiger partial charge on any atom is 0.222 e. The molecule has 94 valence electrons. The Hall–Kier alpha value is -1.10. The van der Waals surface area contributed by atoms with Crippen LogP contribution in [0.5, 0.6) is 0 Å². The Morgan fingerprint density at radius 3 is 2.12 bits per heavy atom. The largest absolute Gasteiger partial charge is 0.384 e. The number of carbonyl (C=O) groups excluding carboxylic acids is 2. The van der Waals surface area contributed by atoms with Crippen LogP contribution in [0.25, 0.3) is 0 Å². The van der Waals surface area contributed by atoms with Gasteiger partial charge in [-0.05, 0) is 6.42 Å². The van der Waals surface area contributed by atoms with E-state index in [9.17, 15) is 9.59 Å². The van der Waals surface area contributed by atoms with Gasteiger partial charge in [0.1, 0.15) is 0 Å². The summed E-state index contributed by atoms with van der Waals surface area (Å²) in [4.78, 5) is 22.3. The second kappa shape index (κ2) is 10.4. The van der Waals surface area contributed by atoms with E-state index in [4.69, 9.17) is 4.74 Å². The maximum atomic E-state index is 11.2. The summed E-state index contributed by atoms with van der Waals surface area (Å²) >= 11 is 0. The summed E-state index contributed by atoms with van der Waals surface area (Å²) in [6.45, 7) is 3.43. The van der Waals surface area contributed by atoms with Gasteiger partial charge >= 0.3 is 0 Å². The smallest absolute Gasteiger partial charge is 0.222 e. The van der Waals surface area contributed by atoms with Crippen molar-refractivity contribution in [2.75, 3.05) is 26.8 Å². The lowest BCUT2D eigenvalue weighted by atomic mass is 10.2. The molecule has 0 aromatic heterocycles. The standard InChI is InChI=1S/C11H22N2O3/c1-3-4-5-10(14)12-7-8-13-11(15)6-9-16-2/h3-9H2,1-2H3,(H,12,14)(H,13,15). The second-order valence-corrected chi connectivity index (χ2v) is 3.55. The van der Waals surface area contributed by atoms with E-state index in [2.05, 4.69) is 10.6 Å². The molecule has 0 spiro atoms. The second-order valence-electron chi connectivity index (χ2n) is 3.55. The lowest BCUT2D eigenvalue weighted by molar-refractivity contribution is -0.123. The van der Waals surface area contributed by atoms with Crippen molar-refractivity contribution in [2.24, 2.45) is 0 Å². The number of amides is 2. The van der Waals surface area contributed by atoms with Crippen LogP contribution in [0.15, 0.2) is 0 Å². The molecule has 0 heterocycles. The first kappa shape index (κ1) is 14.9. The van der Waals surface area contributed by atoms with Gasteiger partial charge < -0.3 is 15.4 Å². The van der Waals surface area contributed by atoms with E-state index in [0.717, 1.165) is 12.8 Å². The molecule has 0 bridgehead atoms. The zero-order chi connectivity index (χ0) is 12.2. The minimum Gasteiger partial charge on any atom is -0.384 e. The van der Waals surface area contributed by atoms with Crippen LogP contribution in [0.2, 0.25) is 0 Å². The van der Waals surface area contributed by atoms with Gasteiger partial charge in [-0.3, -0.25) is 9.59 Å². The van der Waals surface area contributed by atoms with E-state index in [-0.39, 0.29) is 11.8 Å². The quantitative estimate of drug-likeness (QED) is 0.565. The van der Waals surface area contributed by atoms with E-state index in [1.807, 2.05) is 6.92 Å². The molecule has 0 aliphatic rings. The minimum atomic E-state index is -0.0512. The van der Waals surface area contributed by atoms with Crippen LogP contribution in [0.1, 0.15) is 32.6 Å². The molecule has 5 nitrogen and oxygen atoms in total. The molecule has 2 N–H and O–H groups in total. The summed E-state index contributed by atoms with van der Waals surface area (Å²) in [6, 6.07) is 0. The third-order valence-electron chi connectivity index (χ3n) is 2.06. The van der Waals surface area contributed by atoms with Crippen LogP contribution in [0.4, 0.5) is 0 Å². The van der Waals surface area contributed by atoms with Crippen LogP contribution < -0.4 is 10.6 Å². The Kier molecular flexibility index (Phi) is 9.70. The summed E-state index contributed by atoms with van der Waals surface area (Å²) in [5.41, 5.74) is 0. The third-order valence-corrected chi connectivity index (χ3v) is 2.06. The van der Waals surface area contributed by atoms with Crippen molar-refractivity contribution in [3.63, 3.8) is 0 Å². The third kappa shape index (κ3) is 9.45. The summed E-state index contributed by atoms with van der Waals surface area (Å²) in [6.07, 6.45) is 2.85. The number of rotatable bonds is 9. The fraction of sp³-hybridized carbons (Fsp3) is 0.818. The summed E-state index contributed by atoms with van der Waals surface area (Å²) in [7, 11) is 1.56. The predicted octanol–water partition coefficient (Wildman–Crippen LogP) is 0.445. The number of hydrogen-bond donors (Lipinski definition) is 2. The molecule has 0 unspecified atom stereocenters. The monoisotopic (exact) mass is 230 g/mol. The molecular formula is C11H22N2O3. The van der Waals surface area contributed by atoms with Crippen molar-refractivity contribution in [2.45, 2.75) is 32.6 Å². The van der Waals surface area contributed by atoms with E-state index >= 15 is 0 Å². The molecule has 0 aromatic carbocycles. The number of methoxy groups -OCH3 is 1. The highest BCUT2D eigenvalue weighted by molar-refractivity contribution is 5.77. The Bertz CT molecular complexity index is 185. The summed E-state index contributed by atoms with van der Waals surface area (Å²) in [5.74, 6) is -0.00218. The highest BCUT2D eigenvalue weighted by Crippen LogP contribution is 1.92. The Morgan fingerprint density at radius 1 is 1.06 bits per heavy atom. The Balaban J connectivity index is 3.31. The molecule has 16 heavy (non-hydrogen) atoms. The van der Waals surface area contributed by atoms with E-state index in [1.54, 1.807) is 7.11 Å². The maximum absolute atomic E-state index is 11.2. The lowest BCUT2D eigenvalue weighted by Gasteiger charge is -2.06. The van der Waals surface area contributed by atoms with Crippen molar-refractivity contribution in [3.05, 3.63) is 0 Å². The van der Waals surface area contributed by atoms with E-state index in [1.165, 1.54) is 0 Å². The Morgan fingerprint density at radius 2 is 1.62 bits per heavy atom. The number of unbranched alkanes of at least 4 members (excludes halogenated alkanes) is 1. The molecule has 0 radical (unpaired) electrons. The Labute approximate surface area is 96.9 Å². The first-order chi connectivity index (χ1) is 7.70. The molecule has 0 fully saturated rings. The zero-order valence-corrected chi connectivity index (χ0v) is 10.2. The molecule has 2 amide bonds. The van der Waals surface area contributed by atoms with Crippen molar-refractivity contribution in [3.8, 4) is 0 Å². The van der Waals surface area contributed by atoms with Crippen molar-refractivity contribution in [1.82, 2.24) is 10.6 Å². The van der Waals surface area contributed by atoms with Gasteiger partial charge in [0.05, 0.1) is 6.61 Å². The van der Waals surface area contributed by atoms with Crippen molar-refractivity contribution >= 4 is 11.8 Å². The van der Waals surface area contributed by atoms with Crippen LogP contribution >= 0.6 is 0 Å². The van der Waals surface area contributed by atoms with Crippen molar-refractivity contribution in [1.29, 1.82) is 0 Å². The van der Waals surface area contributed by atoms with Gasteiger partial charge in [0.25, 0.3) is 0 Å². The molecule has 0 aliphatic heterocycles. The molecule has 0 rings (SSSR count). The fourth-order valence-electron chi connectivity index (χ4n) is 1.11. The predicted molar refractivity (Wildman–Crippen MR) is 62.0 cm³/mol. The fourth-order valence-corrected chi connectivity index (χ4v) is 1.11. The van der Waals surface area contributed by atoms with Crippen LogP contribution in [-0.2, 0) is 14.3 Å². The number of ether oxygens (including phenoxy) is 1. The molecule has 0 atom stereocenters. The van der Waals surface area contributed by atoms with Crippen LogP contribution in [0, 0.1) is 0 Å². The average Bonchev–Trinajstić information content (AvgIpc) is 2.29. The van der Waals surface area contributed by atoms with Crippen molar-refractivity contribution < 1.29 is 14.3 Å². The summed E-state index contributed by atoms with van der Waals surface area (Å²) in [5, 5.41) is 5.44. The number of hydrogen-bond acceptors (Lipinski definition) is 3. The van der Waals surface area contributed by atoms with Gasteiger partial charge in [0.2, 0.25) is 11.8 Å². The molecule has 0 saturated heterocycles. The van der Waals surface area contributed by atoms with Gasteiger partial charge in [-0.1, -0.05) is 13.3 Å². The first-order valence-electron chi connectivity index (χ1n) is 5.73. The van der Waals surface area contributed by atoms with Gasteiger partial charge in [0.15, 0.2) is 0 Å². The number of carbonyl (C=O) groups is 2. The van der Waals surface area contributed by atoms with Crippen LogP contribution in [-0.4, -0.2) is 38.6 Å². The van der Waals surface area contributed by atoms with Crippen LogP contribution in [0.3, 0.4) is 0 Å². The minimum absolute atomic E-state index is 0.0491. The topological polar surface area (TPSA) is 67.4 Å². The van der Waals surface area contributed by atoms with Gasteiger partial charge in [-0.15, -0.1) is 0 Å². The van der Waals surface area contributed by atoms with Gasteiger partial charge in [-0.2, -0.15) is 0 Å². The van der Waals surface area contributed by atoms with Gasteiger partial charge in [0, 0.05) is 33.0 Å². The molecular weight excluding hydrogens is 208 g/mol. The first-order valence-corrected chi connectivity index (χ1v) is 5.73. The van der Waals surface area contributed by atoms with Gasteiger partial charge in [-0.25, -0.2) is 0 Å².